The Morgan fingerprint density at radius 2 is 1.94 bits per heavy atom. The minimum absolute atomic E-state index is 0.0779. The van der Waals surface area contributed by atoms with Crippen molar-refractivity contribution in [2.75, 3.05) is 5.75 Å². The van der Waals surface area contributed by atoms with E-state index < -0.39 is 0 Å². The SMILES string of the molecule is C=CCn1c(Cn2nnc3ccccc32)nnc1SCCC(=O)NCc1ccc(F)cc1. The summed E-state index contributed by atoms with van der Waals surface area (Å²) < 4.78 is 16.7. The van der Waals surface area contributed by atoms with Gasteiger partial charge in [-0.25, -0.2) is 9.07 Å². The summed E-state index contributed by atoms with van der Waals surface area (Å²) in [5.41, 5.74) is 2.60. The molecule has 0 atom stereocenters. The molecule has 8 nitrogen and oxygen atoms in total. The van der Waals surface area contributed by atoms with Crippen molar-refractivity contribution in [3.8, 4) is 0 Å². The number of benzene rings is 2. The van der Waals surface area contributed by atoms with Gasteiger partial charge < -0.3 is 9.88 Å². The maximum atomic E-state index is 13.0. The Morgan fingerprint density at radius 1 is 1.12 bits per heavy atom. The van der Waals surface area contributed by atoms with E-state index in [-0.39, 0.29) is 11.7 Å². The molecule has 2 heterocycles. The summed E-state index contributed by atoms with van der Waals surface area (Å²) in [5, 5.41) is 20.6. The number of aromatic nitrogens is 6. The van der Waals surface area contributed by atoms with Gasteiger partial charge in [-0.05, 0) is 29.8 Å². The molecule has 2 aromatic heterocycles. The second-order valence-electron chi connectivity index (χ2n) is 7.04. The molecular formula is C22H22FN7OS. The van der Waals surface area contributed by atoms with Gasteiger partial charge in [0.25, 0.3) is 0 Å². The number of fused-ring (bicyclic) bond motifs is 1. The molecule has 0 aliphatic heterocycles. The lowest BCUT2D eigenvalue weighted by molar-refractivity contribution is -0.120. The van der Waals surface area contributed by atoms with Gasteiger partial charge in [0.1, 0.15) is 17.9 Å². The van der Waals surface area contributed by atoms with Gasteiger partial charge in [-0.15, -0.1) is 21.9 Å². The number of para-hydroxylation sites is 1. The van der Waals surface area contributed by atoms with Crippen molar-refractivity contribution >= 4 is 28.7 Å². The molecule has 1 N–H and O–H groups in total. The van der Waals surface area contributed by atoms with Gasteiger partial charge in [-0.3, -0.25) is 4.79 Å². The third kappa shape index (κ3) is 5.20. The van der Waals surface area contributed by atoms with Crippen LogP contribution in [-0.4, -0.2) is 41.4 Å². The van der Waals surface area contributed by atoms with Crippen LogP contribution in [0.4, 0.5) is 4.39 Å². The van der Waals surface area contributed by atoms with Crippen molar-refractivity contribution < 1.29 is 9.18 Å². The van der Waals surface area contributed by atoms with E-state index in [0.717, 1.165) is 27.6 Å². The summed E-state index contributed by atoms with van der Waals surface area (Å²) in [4.78, 5) is 12.1. The molecule has 0 bridgehead atoms. The zero-order valence-electron chi connectivity index (χ0n) is 17.3. The second kappa shape index (κ2) is 10.2. The van der Waals surface area contributed by atoms with Crippen LogP contribution in [0.3, 0.4) is 0 Å². The molecule has 0 unspecified atom stereocenters. The Balaban J connectivity index is 1.34. The molecule has 4 aromatic rings. The molecule has 4 rings (SSSR count). The molecule has 0 fully saturated rings. The molecule has 0 saturated carbocycles. The van der Waals surface area contributed by atoms with Crippen LogP contribution in [0.15, 0.2) is 66.3 Å². The van der Waals surface area contributed by atoms with E-state index in [2.05, 4.69) is 32.4 Å². The number of hydrogen-bond acceptors (Lipinski definition) is 6. The number of nitrogens with zero attached hydrogens (tertiary/aromatic N) is 6. The third-order valence-corrected chi connectivity index (χ3v) is 5.75. The number of rotatable bonds is 10. The van der Waals surface area contributed by atoms with Crippen LogP contribution >= 0.6 is 11.8 Å². The summed E-state index contributed by atoms with van der Waals surface area (Å²) in [5.74, 6) is 0.919. The van der Waals surface area contributed by atoms with Crippen molar-refractivity contribution in [3.63, 3.8) is 0 Å². The van der Waals surface area contributed by atoms with Crippen molar-refractivity contribution in [3.05, 3.63) is 78.4 Å². The first-order valence-corrected chi connectivity index (χ1v) is 11.1. The van der Waals surface area contributed by atoms with E-state index in [0.29, 0.717) is 31.8 Å². The first kappa shape index (κ1) is 21.7. The van der Waals surface area contributed by atoms with Gasteiger partial charge in [-0.1, -0.05) is 47.3 Å². The van der Waals surface area contributed by atoms with Crippen molar-refractivity contribution in [2.24, 2.45) is 0 Å². The van der Waals surface area contributed by atoms with Crippen molar-refractivity contribution in [1.82, 2.24) is 35.1 Å². The average molecular weight is 452 g/mol. The van der Waals surface area contributed by atoms with E-state index in [9.17, 15) is 9.18 Å². The maximum absolute atomic E-state index is 13.0. The second-order valence-corrected chi connectivity index (χ2v) is 8.10. The third-order valence-electron chi connectivity index (χ3n) is 4.78. The van der Waals surface area contributed by atoms with Gasteiger partial charge in [0.15, 0.2) is 11.0 Å². The van der Waals surface area contributed by atoms with Gasteiger partial charge >= 0.3 is 0 Å². The predicted molar refractivity (Wildman–Crippen MR) is 120 cm³/mol. The number of halogens is 1. The summed E-state index contributed by atoms with van der Waals surface area (Å²) in [6.45, 7) is 5.17. The maximum Gasteiger partial charge on any atom is 0.221 e. The highest BCUT2D eigenvalue weighted by Gasteiger charge is 2.15. The highest BCUT2D eigenvalue weighted by atomic mass is 32.2. The largest absolute Gasteiger partial charge is 0.352 e. The van der Waals surface area contributed by atoms with Gasteiger partial charge in [0, 0.05) is 25.3 Å². The number of carbonyl (C=O) groups excluding carboxylic acids is 1. The standard InChI is InChI=1S/C22H22FN7OS/c1-2-12-29-20(15-30-19-6-4-3-5-18(19)25-28-30)26-27-22(29)32-13-11-21(31)24-14-16-7-9-17(23)10-8-16/h2-10H,1,11-15H2,(H,24,31). The molecular weight excluding hydrogens is 429 g/mol. The van der Waals surface area contributed by atoms with E-state index in [1.54, 1.807) is 22.9 Å². The fourth-order valence-corrected chi connectivity index (χ4v) is 4.05. The van der Waals surface area contributed by atoms with Crippen molar-refractivity contribution in [2.45, 2.75) is 31.2 Å². The fraction of sp³-hybridized carbons (Fsp3) is 0.227. The lowest BCUT2D eigenvalue weighted by Crippen LogP contribution is -2.23. The van der Waals surface area contributed by atoms with Gasteiger partial charge in [0.05, 0.1) is 5.52 Å². The Hall–Kier alpha value is -3.53. The smallest absolute Gasteiger partial charge is 0.221 e. The van der Waals surface area contributed by atoms with Crippen LogP contribution in [0, 0.1) is 5.82 Å². The van der Waals surface area contributed by atoms with Crippen molar-refractivity contribution in [1.29, 1.82) is 0 Å². The topological polar surface area (TPSA) is 90.5 Å². The van der Waals surface area contributed by atoms with Crippen LogP contribution in [0.2, 0.25) is 0 Å². The molecule has 0 saturated heterocycles. The van der Waals surface area contributed by atoms with Gasteiger partial charge in [0.2, 0.25) is 5.91 Å². The quantitative estimate of drug-likeness (QED) is 0.294. The zero-order chi connectivity index (χ0) is 22.3. The Morgan fingerprint density at radius 3 is 2.75 bits per heavy atom. The molecule has 10 heteroatoms. The van der Waals surface area contributed by atoms with Crippen LogP contribution < -0.4 is 5.32 Å². The van der Waals surface area contributed by atoms with Gasteiger partial charge in [-0.2, -0.15) is 0 Å². The molecule has 0 spiro atoms. The Labute approximate surface area is 188 Å². The lowest BCUT2D eigenvalue weighted by Gasteiger charge is -2.08. The number of amides is 1. The predicted octanol–water partition coefficient (Wildman–Crippen LogP) is 3.19. The van der Waals surface area contributed by atoms with E-state index in [1.165, 1.54) is 23.9 Å². The van der Waals surface area contributed by atoms with E-state index in [1.807, 2.05) is 28.8 Å². The van der Waals surface area contributed by atoms with Crippen LogP contribution in [-0.2, 0) is 24.4 Å². The summed E-state index contributed by atoms with van der Waals surface area (Å²) >= 11 is 1.46. The summed E-state index contributed by atoms with van der Waals surface area (Å²) in [6.07, 6.45) is 2.11. The van der Waals surface area contributed by atoms with Crippen LogP contribution in [0.5, 0.6) is 0 Å². The first-order chi connectivity index (χ1) is 15.6. The van der Waals surface area contributed by atoms with Crippen LogP contribution in [0.25, 0.3) is 11.0 Å². The minimum atomic E-state index is -0.295. The lowest BCUT2D eigenvalue weighted by atomic mass is 10.2. The zero-order valence-corrected chi connectivity index (χ0v) is 18.1. The highest BCUT2D eigenvalue weighted by molar-refractivity contribution is 7.99. The highest BCUT2D eigenvalue weighted by Crippen LogP contribution is 2.19. The molecule has 0 aliphatic carbocycles. The Bertz CT molecular complexity index is 1220. The van der Waals surface area contributed by atoms with E-state index >= 15 is 0 Å². The molecule has 1 amide bonds. The monoisotopic (exact) mass is 451 g/mol. The molecule has 0 aliphatic rings. The number of hydrogen-bond donors (Lipinski definition) is 1. The molecule has 2 aromatic carbocycles. The Kier molecular flexibility index (Phi) is 6.90. The molecule has 0 radical (unpaired) electrons. The minimum Gasteiger partial charge on any atom is -0.352 e. The number of thioether (sulfide) groups is 1. The number of allylic oxidation sites excluding steroid dienone is 1. The molecule has 32 heavy (non-hydrogen) atoms. The first-order valence-electron chi connectivity index (χ1n) is 10.1. The number of carbonyl (C=O) groups is 1. The normalized spacial score (nSPS) is 11.0. The summed E-state index contributed by atoms with van der Waals surface area (Å²) in [6, 6.07) is 13.8. The summed E-state index contributed by atoms with van der Waals surface area (Å²) in [7, 11) is 0. The van der Waals surface area contributed by atoms with E-state index in [4.69, 9.17) is 0 Å². The number of nitrogens with one attached hydrogen (secondary N) is 1. The van der Waals surface area contributed by atoms with Crippen LogP contribution in [0.1, 0.15) is 17.8 Å². The fourth-order valence-electron chi connectivity index (χ4n) is 3.15. The molecule has 164 valence electrons. The average Bonchev–Trinajstić information content (AvgIpc) is 3.38.